The highest BCUT2D eigenvalue weighted by atomic mass is 16.5. The van der Waals surface area contributed by atoms with E-state index in [4.69, 9.17) is 9.84 Å². The molecule has 1 amide bonds. The number of rotatable bonds is 2. The predicted octanol–water partition coefficient (Wildman–Crippen LogP) is 1.25. The molecule has 0 bridgehead atoms. The topological polar surface area (TPSA) is 75.6 Å². The van der Waals surface area contributed by atoms with E-state index < -0.39 is 5.97 Å². The van der Waals surface area contributed by atoms with Gasteiger partial charge in [-0.3, -0.25) is 4.79 Å². The molecule has 5 nitrogen and oxygen atoms in total. The lowest BCUT2D eigenvalue weighted by Crippen LogP contribution is -2.14. The number of carboxylic acid groups (broad SMARTS) is 1. The molecule has 1 aliphatic rings. The maximum atomic E-state index is 11.2. The van der Waals surface area contributed by atoms with Crippen molar-refractivity contribution in [2.75, 3.05) is 11.9 Å². The molecule has 17 heavy (non-hydrogen) atoms. The van der Waals surface area contributed by atoms with Gasteiger partial charge in [0.05, 0.1) is 6.61 Å². The molecule has 2 rings (SSSR count). The van der Waals surface area contributed by atoms with Gasteiger partial charge in [0.1, 0.15) is 6.61 Å². The molecule has 88 valence electrons. The van der Waals surface area contributed by atoms with Crippen molar-refractivity contribution in [3.05, 3.63) is 35.4 Å². The van der Waals surface area contributed by atoms with Crippen molar-refractivity contribution < 1.29 is 19.4 Å². The van der Waals surface area contributed by atoms with Gasteiger partial charge in [-0.05, 0) is 23.8 Å². The van der Waals surface area contributed by atoms with Crippen LogP contribution >= 0.6 is 0 Å². The first-order chi connectivity index (χ1) is 8.15. The van der Waals surface area contributed by atoms with E-state index in [2.05, 4.69) is 5.32 Å². The highest BCUT2D eigenvalue weighted by Gasteiger charge is 2.12. The zero-order chi connectivity index (χ0) is 12.3. The molecular weight excluding hydrogens is 222 g/mol. The number of nitrogens with one attached hydrogen (secondary N) is 1. The molecule has 0 saturated heterocycles. The average Bonchev–Trinajstić information content (AvgIpc) is 2.46. The van der Waals surface area contributed by atoms with E-state index in [1.165, 1.54) is 6.08 Å². The minimum Gasteiger partial charge on any atom is -0.478 e. The summed E-state index contributed by atoms with van der Waals surface area (Å²) < 4.78 is 5.16. The lowest BCUT2D eigenvalue weighted by molar-refractivity contribution is -0.131. The first-order valence-electron chi connectivity index (χ1n) is 5.07. The Labute approximate surface area is 97.7 Å². The van der Waals surface area contributed by atoms with Crippen molar-refractivity contribution in [2.45, 2.75) is 6.61 Å². The third kappa shape index (κ3) is 2.92. The Morgan fingerprint density at radius 2 is 2.24 bits per heavy atom. The van der Waals surface area contributed by atoms with Crippen LogP contribution in [0.4, 0.5) is 5.69 Å². The fraction of sp³-hybridized carbons (Fsp3) is 0.167. The first kappa shape index (κ1) is 11.3. The second-order valence-corrected chi connectivity index (χ2v) is 3.63. The number of amides is 1. The summed E-state index contributed by atoms with van der Waals surface area (Å²) in [6, 6.07) is 5.27. The van der Waals surface area contributed by atoms with Gasteiger partial charge < -0.3 is 15.2 Å². The normalized spacial score (nSPS) is 15.2. The van der Waals surface area contributed by atoms with E-state index in [9.17, 15) is 9.59 Å². The number of hydrogen-bond acceptors (Lipinski definition) is 3. The summed E-state index contributed by atoms with van der Waals surface area (Å²) in [4.78, 5) is 21.6. The molecule has 0 saturated carbocycles. The minimum atomic E-state index is -0.996. The molecular formula is C12H11NO4. The summed E-state index contributed by atoms with van der Waals surface area (Å²) >= 11 is 0. The van der Waals surface area contributed by atoms with Crippen LogP contribution in [0.1, 0.15) is 11.1 Å². The van der Waals surface area contributed by atoms with Crippen molar-refractivity contribution >= 4 is 23.6 Å². The molecule has 5 heteroatoms. The van der Waals surface area contributed by atoms with Crippen LogP contribution in [-0.2, 0) is 20.9 Å². The highest BCUT2D eigenvalue weighted by molar-refractivity contribution is 5.93. The summed E-state index contributed by atoms with van der Waals surface area (Å²) in [5.74, 6) is -1.18. The Hall–Kier alpha value is -2.14. The van der Waals surface area contributed by atoms with Gasteiger partial charge in [-0.25, -0.2) is 4.79 Å². The lowest BCUT2D eigenvalue weighted by atomic mass is 10.1. The molecule has 0 aliphatic carbocycles. The van der Waals surface area contributed by atoms with Gasteiger partial charge in [0, 0.05) is 17.3 Å². The fourth-order valence-electron chi connectivity index (χ4n) is 1.57. The van der Waals surface area contributed by atoms with Crippen LogP contribution in [0.5, 0.6) is 0 Å². The molecule has 1 aromatic rings. The van der Waals surface area contributed by atoms with E-state index in [-0.39, 0.29) is 12.5 Å². The molecule has 0 atom stereocenters. The van der Waals surface area contributed by atoms with Crippen LogP contribution in [0.15, 0.2) is 24.3 Å². The van der Waals surface area contributed by atoms with Crippen molar-refractivity contribution in [3.63, 3.8) is 0 Å². The van der Waals surface area contributed by atoms with Gasteiger partial charge in [-0.1, -0.05) is 6.07 Å². The molecule has 1 aromatic carbocycles. The second-order valence-electron chi connectivity index (χ2n) is 3.63. The Balaban J connectivity index is 2.27. The molecule has 1 heterocycles. The summed E-state index contributed by atoms with van der Waals surface area (Å²) in [6.45, 7) is 0.373. The highest BCUT2D eigenvalue weighted by Crippen LogP contribution is 2.21. The number of carbonyl (C=O) groups excluding carboxylic acids is 1. The van der Waals surface area contributed by atoms with Crippen LogP contribution in [-0.4, -0.2) is 23.6 Å². The van der Waals surface area contributed by atoms with Gasteiger partial charge in [0.2, 0.25) is 5.91 Å². The Morgan fingerprint density at radius 3 is 3.00 bits per heavy atom. The molecule has 0 unspecified atom stereocenters. The van der Waals surface area contributed by atoms with Gasteiger partial charge >= 0.3 is 5.97 Å². The first-order valence-corrected chi connectivity index (χ1v) is 5.07. The van der Waals surface area contributed by atoms with E-state index in [0.29, 0.717) is 12.3 Å². The van der Waals surface area contributed by atoms with Crippen molar-refractivity contribution in [3.8, 4) is 0 Å². The van der Waals surface area contributed by atoms with E-state index in [0.717, 1.165) is 17.2 Å². The van der Waals surface area contributed by atoms with E-state index >= 15 is 0 Å². The summed E-state index contributed by atoms with van der Waals surface area (Å²) in [6.07, 6.45) is 2.56. The van der Waals surface area contributed by atoms with E-state index in [1.807, 2.05) is 0 Å². The third-order valence-corrected chi connectivity index (χ3v) is 2.31. The number of ether oxygens (including phenoxy) is 1. The van der Waals surface area contributed by atoms with Crippen LogP contribution in [0.25, 0.3) is 6.08 Å². The second kappa shape index (κ2) is 4.80. The predicted molar refractivity (Wildman–Crippen MR) is 61.4 cm³/mol. The SMILES string of the molecule is O=C(O)C=Cc1ccc2c(c1)COCC(=O)N2. The number of benzene rings is 1. The zero-order valence-electron chi connectivity index (χ0n) is 8.97. The molecule has 0 radical (unpaired) electrons. The van der Waals surface area contributed by atoms with E-state index in [1.54, 1.807) is 18.2 Å². The van der Waals surface area contributed by atoms with Crippen LogP contribution in [0.2, 0.25) is 0 Å². The molecule has 2 N–H and O–H groups in total. The molecule has 0 aromatic heterocycles. The monoisotopic (exact) mass is 233 g/mol. The fourth-order valence-corrected chi connectivity index (χ4v) is 1.57. The Morgan fingerprint density at radius 1 is 1.41 bits per heavy atom. The van der Waals surface area contributed by atoms with Gasteiger partial charge in [-0.15, -0.1) is 0 Å². The summed E-state index contributed by atoms with van der Waals surface area (Å²) in [5, 5.41) is 11.2. The maximum Gasteiger partial charge on any atom is 0.328 e. The number of carboxylic acids is 1. The number of carbonyl (C=O) groups is 2. The quantitative estimate of drug-likeness (QED) is 0.754. The molecule has 0 fully saturated rings. The van der Waals surface area contributed by atoms with Crippen LogP contribution in [0.3, 0.4) is 0 Å². The largest absolute Gasteiger partial charge is 0.478 e. The standard InChI is InChI=1S/C12H11NO4/c14-11-7-17-6-9-5-8(2-4-12(15)16)1-3-10(9)13-11/h1-5H,6-7H2,(H,13,14)(H,15,16). The minimum absolute atomic E-state index is 0.0367. The van der Waals surface area contributed by atoms with Gasteiger partial charge in [0.25, 0.3) is 0 Å². The number of fused-ring (bicyclic) bond motifs is 1. The number of aliphatic carboxylic acids is 1. The van der Waals surface area contributed by atoms with Gasteiger partial charge in [0.15, 0.2) is 0 Å². The average molecular weight is 233 g/mol. The Kier molecular flexibility index (Phi) is 3.20. The smallest absolute Gasteiger partial charge is 0.328 e. The summed E-state index contributed by atoms with van der Waals surface area (Å²) in [7, 11) is 0. The van der Waals surface area contributed by atoms with Crippen LogP contribution in [0, 0.1) is 0 Å². The maximum absolute atomic E-state index is 11.2. The molecule has 1 aliphatic heterocycles. The lowest BCUT2D eigenvalue weighted by Gasteiger charge is -2.06. The third-order valence-electron chi connectivity index (χ3n) is 2.31. The van der Waals surface area contributed by atoms with Crippen molar-refractivity contribution in [2.24, 2.45) is 0 Å². The zero-order valence-corrected chi connectivity index (χ0v) is 8.97. The van der Waals surface area contributed by atoms with Crippen molar-refractivity contribution in [1.82, 2.24) is 0 Å². The van der Waals surface area contributed by atoms with Crippen LogP contribution < -0.4 is 5.32 Å². The van der Waals surface area contributed by atoms with Gasteiger partial charge in [-0.2, -0.15) is 0 Å². The number of hydrogen-bond donors (Lipinski definition) is 2. The number of anilines is 1. The summed E-state index contributed by atoms with van der Waals surface area (Å²) in [5.41, 5.74) is 2.30. The molecule has 0 spiro atoms. The van der Waals surface area contributed by atoms with Crippen molar-refractivity contribution in [1.29, 1.82) is 0 Å². The Bertz CT molecular complexity index is 493.